The minimum absolute atomic E-state index is 0.0147. The summed E-state index contributed by atoms with van der Waals surface area (Å²) in [5.41, 5.74) is 11.7. The highest BCUT2D eigenvalue weighted by atomic mass is 19.1. The van der Waals surface area contributed by atoms with Crippen LogP contribution in [0.1, 0.15) is 36.6 Å². The van der Waals surface area contributed by atoms with Crippen LogP contribution in [0.4, 0.5) is 4.39 Å². The number of hydrogen-bond acceptors (Lipinski definition) is 6. The monoisotopic (exact) mass is 446 g/mol. The number of benzene rings is 2. The highest BCUT2D eigenvalue weighted by Crippen LogP contribution is 2.26. The standard InChI is InChI=1S/C22H27FN4O5/c1-4-31-19(16-8-7-15(30-3)10-17(16)23)22(29)27-11-14-6-5-13(20(24)25)9-18(14)32-12(2)21(26)28/h5-10,12,19H,4,11H2,1-3H3,(H3,24,25)(H2,26,28)(H,27,29)/t12?,19-/m1/s1. The molecule has 0 aliphatic rings. The van der Waals surface area contributed by atoms with Crippen LogP contribution in [0.25, 0.3) is 0 Å². The van der Waals surface area contributed by atoms with Crippen molar-refractivity contribution in [3.8, 4) is 11.5 Å². The second-order valence-corrected chi connectivity index (χ2v) is 6.84. The molecule has 9 nitrogen and oxygen atoms in total. The van der Waals surface area contributed by atoms with Crippen molar-refractivity contribution in [1.29, 1.82) is 5.41 Å². The summed E-state index contributed by atoms with van der Waals surface area (Å²) in [4.78, 5) is 24.2. The second-order valence-electron chi connectivity index (χ2n) is 6.84. The van der Waals surface area contributed by atoms with E-state index in [9.17, 15) is 14.0 Å². The molecule has 6 N–H and O–H groups in total. The van der Waals surface area contributed by atoms with Crippen LogP contribution >= 0.6 is 0 Å². The van der Waals surface area contributed by atoms with Gasteiger partial charge in [-0.2, -0.15) is 0 Å². The Morgan fingerprint density at radius 2 is 1.91 bits per heavy atom. The normalized spacial score (nSPS) is 12.5. The van der Waals surface area contributed by atoms with Crippen LogP contribution in [0, 0.1) is 11.2 Å². The van der Waals surface area contributed by atoms with Gasteiger partial charge in [0.15, 0.2) is 12.2 Å². The van der Waals surface area contributed by atoms with Crippen LogP contribution in [-0.2, 0) is 20.9 Å². The molecule has 0 bridgehead atoms. The second kappa shape index (κ2) is 11.1. The largest absolute Gasteiger partial charge is 0.497 e. The molecule has 0 saturated heterocycles. The maximum absolute atomic E-state index is 14.5. The van der Waals surface area contributed by atoms with Gasteiger partial charge in [0.1, 0.15) is 23.2 Å². The van der Waals surface area contributed by atoms with Crippen molar-refractivity contribution in [2.24, 2.45) is 11.5 Å². The van der Waals surface area contributed by atoms with Crippen molar-refractivity contribution in [2.75, 3.05) is 13.7 Å². The fourth-order valence-electron chi connectivity index (χ4n) is 2.82. The summed E-state index contributed by atoms with van der Waals surface area (Å²) in [6.45, 7) is 3.34. The van der Waals surface area contributed by atoms with Crippen LogP contribution in [-0.4, -0.2) is 37.5 Å². The number of ether oxygens (including phenoxy) is 3. The van der Waals surface area contributed by atoms with Crippen molar-refractivity contribution < 1.29 is 28.2 Å². The number of nitrogens with one attached hydrogen (secondary N) is 2. The molecule has 0 aliphatic carbocycles. The van der Waals surface area contributed by atoms with Gasteiger partial charge >= 0.3 is 0 Å². The van der Waals surface area contributed by atoms with E-state index in [2.05, 4.69) is 5.32 Å². The number of carbonyl (C=O) groups is 2. The zero-order valence-corrected chi connectivity index (χ0v) is 18.1. The minimum Gasteiger partial charge on any atom is -0.497 e. The smallest absolute Gasteiger partial charge is 0.258 e. The van der Waals surface area contributed by atoms with E-state index in [1.807, 2.05) is 0 Å². The van der Waals surface area contributed by atoms with Crippen LogP contribution < -0.4 is 26.3 Å². The number of nitrogen functional groups attached to an aromatic ring is 1. The van der Waals surface area contributed by atoms with E-state index in [4.69, 9.17) is 31.1 Å². The molecule has 0 heterocycles. The fraction of sp³-hybridized carbons (Fsp3) is 0.318. The Balaban J connectivity index is 2.25. The number of primary amides is 1. The molecule has 0 saturated carbocycles. The molecule has 2 atom stereocenters. The maximum atomic E-state index is 14.5. The van der Waals surface area contributed by atoms with Gasteiger partial charge in [-0.25, -0.2) is 4.39 Å². The van der Waals surface area contributed by atoms with Gasteiger partial charge in [0.2, 0.25) is 0 Å². The van der Waals surface area contributed by atoms with Gasteiger partial charge in [-0.05, 0) is 32.0 Å². The van der Waals surface area contributed by atoms with Crippen molar-refractivity contribution in [2.45, 2.75) is 32.6 Å². The molecule has 0 aliphatic heterocycles. The van der Waals surface area contributed by atoms with Crippen LogP contribution in [0.5, 0.6) is 11.5 Å². The predicted molar refractivity (Wildman–Crippen MR) is 116 cm³/mol. The Bertz CT molecular complexity index is 998. The van der Waals surface area contributed by atoms with E-state index in [0.29, 0.717) is 16.9 Å². The lowest BCUT2D eigenvalue weighted by molar-refractivity contribution is -0.133. The Hall–Kier alpha value is -3.66. The molecule has 1 unspecified atom stereocenters. The molecular weight excluding hydrogens is 419 g/mol. The third kappa shape index (κ3) is 6.17. The average Bonchev–Trinajstić information content (AvgIpc) is 2.76. The highest BCUT2D eigenvalue weighted by Gasteiger charge is 2.25. The van der Waals surface area contributed by atoms with Crippen LogP contribution in [0.2, 0.25) is 0 Å². The van der Waals surface area contributed by atoms with Crippen LogP contribution in [0.3, 0.4) is 0 Å². The van der Waals surface area contributed by atoms with E-state index in [1.165, 1.54) is 38.3 Å². The summed E-state index contributed by atoms with van der Waals surface area (Å²) in [5.74, 6) is -1.53. The first-order valence-corrected chi connectivity index (χ1v) is 9.83. The molecule has 2 rings (SSSR count). The lowest BCUT2D eigenvalue weighted by atomic mass is 10.1. The lowest BCUT2D eigenvalue weighted by Crippen LogP contribution is -2.33. The summed E-state index contributed by atoms with van der Waals surface area (Å²) in [6.07, 6.45) is -2.13. The quantitative estimate of drug-likeness (QED) is 0.305. The summed E-state index contributed by atoms with van der Waals surface area (Å²) < 4.78 is 30.6. The number of carbonyl (C=O) groups excluding carboxylic acids is 2. The number of methoxy groups -OCH3 is 1. The van der Waals surface area contributed by atoms with Crippen molar-refractivity contribution >= 4 is 17.6 Å². The Labute approximate surface area is 185 Å². The minimum atomic E-state index is -1.18. The first kappa shape index (κ1) is 24.6. The zero-order chi connectivity index (χ0) is 23.8. The molecule has 32 heavy (non-hydrogen) atoms. The number of hydrogen-bond donors (Lipinski definition) is 4. The SMILES string of the molecule is CCO[C@@H](C(=O)NCc1ccc(C(=N)N)cc1OC(C)C(N)=O)c1ccc(OC)cc1F. The van der Waals surface area contributed by atoms with E-state index < -0.39 is 29.8 Å². The molecule has 0 fully saturated rings. The average molecular weight is 446 g/mol. The Kier molecular flexibility index (Phi) is 8.54. The summed E-state index contributed by atoms with van der Waals surface area (Å²) in [5, 5.41) is 10.3. The highest BCUT2D eigenvalue weighted by molar-refractivity contribution is 5.95. The molecule has 2 aromatic rings. The topological polar surface area (TPSA) is 150 Å². The molecule has 0 spiro atoms. The van der Waals surface area contributed by atoms with Gasteiger partial charge in [0.05, 0.1) is 7.11 Å². The van der Waals surface area contributed by atoms with E-state index in [-0.39, 0.29) is 30.3 Å². The molecular formula is C22H27FN4O5. The first-order valence-electron chi connectivity index (χ1n) is 9.83. The van der Waals surface area contributed by atoms with Gasteiger partial charge in [-0.3, -0.25) is 15.0 Å². The third-order valence-electron chi connectivity index (χ3n) is 4.60. The summed E-state index contributed by atoms with van der Waals surface area (Å²) in [6, 6.07) is 8.80. The van der Waals surface area contributed by atoms with E-state index >= 15 is 0 Å². The van der Waals surface area contributed by atoms with Gasteiger partial charge in [-0.15, -0.1) is 0 Å². The van der Waals surface area contributed by atoms with Gasteiger partial charge in [0.25, 0.3) is 11.8 Å². The fourth-order valence-corrected chi connectivity index (χ4v) is 2.82. The number of halogens is 1. The van der Waals surface area contributed by atoms with Crippen LogP contribution in [0.15, 0.2) is 36.4 Å². The van der Waals surface area contributed by atoms with Gasteiger partial charge in [0, 0.05) is 35.9 Å². The lowest BCUT2D eigenvalue weighted by Gasteiger charge is -2.20. The molecule has 0 radical (unpaired) electrons. The summed E-state index contributed by atoms with van der Waals surface area (Å²) >= 11 is 0. The van der Waals surface area contributed by atoms with Gasteiger partial charge < -0.3 is 31.0 Å². The zero-order valence-electron chi connectivity index (χ0n) is 18.1. The van der Waals surface area contributed by atoms with Crippen molar-refractivity contribution in [3.63, 3.8) is 0 Å². The number of amides is 2. The van der Waals surface area contributed by atoms with Gasteiger partial charge in [-0.1, -0.05) is 12.1 Å². The molecule has 172 valence electrons. The number of rotatable bonds is 11. The van der Waals surface area contributed by atoms with E-state index in [0.717, 1.165) is 0 Å². The molecule has 0 aromatic heterocycles. The number of amidine groups is 1. The molecule has 2 amide bonds. The molecule has 10 heteroatoms. The van der Waals surface area contributed by atoms with E-state index in [1.54, 1.807) is 19.1 Å². The predicted octanol–water partition coefficient (Wildman–Crippen LogP) is 1.76. The first-order chi connectivity index (χ1) is 15.2. The van der Waals surface area contributed by atoms with Crippen molar-refractivity contribution in [3.05, 3.63) is 58.9 Å². The molecule has 2 aromatic carbocycles. The summed E-state index contributed by atoms with van der Waals surface area (Å²) in [7, 11) is 1.41. The Morgan fingerprint density at radius 1 is 1.19 bits per heavy atom. The number of nitrogens with two attached hydrogens (primary N) is 2. The Morgan fingerprint density at radius 3 is 2.47 bits per heavy atom. The third-order valence-corrected chi connectivity index (χ3v) is 4.60. The maximum Gasteiger partial charge on any atom is 0.258 e. The van der Waals surface area contributed by atoms with Crippen molar-refractivity contribution in [1.82, 2.24) is 5.32 Å².